The van der Waals surface area contributed by atoms with Gasteiger partial charge in [0.2, 0.25) is 0 Å². The van der Waals surface area contributed by atoms with Crippen molar-refractivity contribution < 1.29 is 19.1 Å². The molecule has 38 heavy (non-hydrogen) atoms. The first-order valence-electron chi connectivity index (χ1n) is 13.0. The lowest BCUT2D eigenvalue weighted by molar-refractivity contribution is 0.0240. The summed E-state index contributed by atoms with van der Waals surface area (Å²) in [4.78, 5) is 36.1. The third-order valence-electron chi connectivity index (χ3n) is 6.59. The van der Waals surface area contributed by atoms with Gasteiger partial charge in [0.25, 0.3) is 0 Å². The Morgan fingerprint density at radius 1 is 1.11 bits per heavy atom. The molecule has 0 radical (unpaired) electrons. The fourth-order valence-electron chi connectivity index (χ4n) is 4.92. The van der Waals surface area contributed by atoms with Gasteiger partial charge in [-0.2, -0.15) is 5.10 Å². The number of nitrogens with one attached hydrogen (secondary N) is 1. The molecular formula is C27H35N7O4. The molecular weight excluding hydrogens is 486 g/mol. The highest BCUT2D eigenvalue weighted by molar-refractivity contribution is 6.04. The van der Waals surface area contributed by atoms with Gasteiger partial charge in [0.1, 0.15) is 11.4 Å². The maximum Gasteiger partial charge on any atom is 0.410 e. The number of hydrogen-bond donors (Lipinski definition) is 1. The zero-order valence-corrected chi connectivity index (χ0v) is 22.7. The van der Waals surface area contributed by atoms with Crippen LogP contribution < -0.4 is 19.9 Å². The molecule has 2 aliphatic rings. The van der Waals surface area contributed by atoms with Gasteiger partial charge in [0.05, 0.1) is 29.7 Å². The van der Waals surface area contributed by atoms with Crippen molar-refractivity contribution >= 4 is 34.8 Å². The van der Waals surface area contributed by atoms with Crippen LogP contribution in [-0.4, -0.2) is 76.6 Å². The van der Waals surface area contributed by atoms with Crippen LogP contribution in [0.25, 0.3) is 5.52 Å². The monoisotopic (exact) mass is 521 g/mol. The largest absolute Gasteiger partial charge is 0.490 e. The molecule has 202 valence electrons. The van der Waals surface area contributed by atoms with Crippen molar-refractivity contribution in [2.45, 2.75) is 46.6 Å². The zero-order chi connectivity index (χ0) is 27.0. The van der Waals surface area contributed by atoms with Crippen molar-refractivity contribution in [1.29, 1.82) is 0 Å². The molecule has 1 N–H and O–H groups in total. The molecule has 0 atom stereocenters. The highest BCUT2D eigenvalue weighted by atomic mass is 16.6. The lowest BCUT2D eigenvalue weighted by Gasteiger charge is -2.37. The van der Waals surface area contributed by atoms with Gasteiger partial charge in [-0.25, -0.2) is 19.1 Å². The van der Waals surface area contributed by atoms with Crippen LogP contribution in [0.3, 0.4) is 0 Å². The summed E-state index contributed by atoms with van der Waals surface area (Å²) in [5.41, 5.74) is 3.92. The summed E-state index contributed by atoms with van der Waals surface area (Å²) in [5.74, 6) is 1.22. The number of rotatable bonds is 4. The first kappa shape index (κ1) is 25.6. The second-order valence-electron chi connectivity index (χ2n) is 10.6. The van der Waals surface area contributed by atoms with E-state index in [1.54, 1.807) is 26.7 Å². The Kier molecular flexibility index (Phi) is 6.77. The van der Waals surface area contributed by atoms with Gasteiger partial charge in [0, 0.05) is 50.2 Å². The van der Waals surface area contributed by atoms with Crippen molar-refractivity contribution in [2.75, 3.05) is 54.4 Å². The lowest BCUT2D eigenvalue weighted by Crippen LogP contribution is -2.50. The standard InChI is InChI=1S/C27H35N7O4/c1-6-37-23-17-34-19(15-18(2)30-34)16-21(23)29-25(35)33-10-8-20-22(7-9-28-24(20)33)31-11-13-32(14-12-31)26(36)38-27(3,4)5/h7,9,15-17H,6,8,10-14H2,1-5H3,(H,29,35). The van der Waals surface area contributed by atoms with E-state index in [1.165, 1.54) is 0 Å². The van der Waals surface area contributed by atoms with Gasteiger partial charge in [0.15, 0.2) is 5.75 Å². The molecule has 0 aromatic carbocycles. The van der Waals surface area contributed by atoms with Crippen LogP contribution in [-0.2, 0) is 11.2 Å². The number of aryl methyl sites for hydroxylation is 1. The summed E-state index contributed by atoms with van der Waals surface area (Å²) >= 11 is 0. The second kappa shape index (κ2) is 10.0. The van der Waals surface area contributed by atoms with Crippen molar-refractivity contribution in [2.24, 2.45) is 0 Å². The normalized spacial score (nSPS) is 15.6. The van der Waals surface area contributed by atoms with Crippen LogP contribution in [0.15, 0.2) is 30.6 Å². The van der Waals surface area contributed by atoms with Crippen molar-refractivity contribution in [3.63, 3.8) is 0 Å². The highest BCUT2D eigenvalue weighted by Gasteiger charge is 2.32. The fourth-order valence-corrected chi connectivity index (χ4v) is 4.92. The SMILES string of the molecule is CCOc1cn2nc(C)cc2cc1NC(=O)N1CCc2c(N3CCN(C(=O)OC(C)(C)C)CC3)ccnc21. The Hall–Kier alpha value is -4.02. The number of pyridine rings is 2. The third kappa shape index (κ3) is 5.18. The van der Waals surface area contributed by atoms with Crippen LogP contribution in [0.1, 0.15) is 39.0 Å². The Bertz CT molecular complexity index is 1360. The molecule has 11 nitrogen and oxygen atoms in total. The number of ether oxygens (including phenoxy) is 2. The maximum absolute atomic E-state index is 13.4. The van der Waals surface area contributed by atoms with E-state index in [2.05, 4.69) is 20.3 Å². The smallest absolute Gasteiger partial charge is 0.410 e. The molecule has 11 heteroatoms. The summed E-state index contributed by atoms with van der Waals surface area (Å²) in [6.45, 7) is 13.0. The fraction of sp³-hybridized carbons (Fsp3) is 0.481. The molecule has 1 fully saturated rings. The number of nitrogens with zero attached hydrogens (tertiary/aromatic N) is 6. The van der Waals surface area contributed by atoms with Crippen LogP contribution >= 0.6 is 0 Å². The Balaban J connectivity index is 1.31. The van der Waals surface area contributed by atoms with Gasteiger partial charge < -0.3 is 24.6 Å². The average molecular weight is 522 g/mol. The number of anilines is 3. The summed E-state index contributed by atoms with van der Waals surface area (Å²) in [6.07, 6.45) is 3.95. The number of fused-ring (bicyclic) bond motifs is 2. The Labute approximate surface area is 222 Å². The van der Waals surface area contributed by atoms with E-state index >= 15 is 0 Å². The van der Waals surface area contributed by atoms with E-state index in [0.717, 1.165) is 22.5 Å². The number of carbonyl (C=O) groups is 2. The summed E-state index contributed by atoms with van der Waals surface area (Å²) in [5, 5.41) is 7.46. The predicted octanol–water partition coefficient (Wildman–Crippen LogP) is 4.09. The van der Waals surface area contributed by atoms with E-state index in [9.17, 15) is 9.59 Å². The van der Waals surface area contributed by atoms with Crippen LogP contribution in [0.2, 0.25) is 0 Å². The molecule has 5 heterocycles. The van der Waals surface area contributed by atoms with E-state index in [-0.39, 0.29) is 12.1 Å². The summed E-state index contributed by atoms with van der Waals surface area (Å²) < 4.78 is 13.1. The molecule has 0 unspecified atom stereocenters. The Morgan fingerprint density at radius 2 is 1.87 bits per heavy atom. The third-order valence-corrected chi connectivity index (χ3v) is 6.59. The van der Waals surface area contributed by atoms with E-state index in [0.29, 0.717) is 63.0 Å². The topological polar surface area (TPSA) is 105 Å². The quantitative estimate of drug-likeness (QED) is 0.551. The Morgan fingerprint density at radius 3 is 2.58 bits per heavy atom. The predicted molar refractivity (Wildman–Crippen MR) is 145 cm³/mol. The molecule has 5 rings (SSSR count). The molecule has 0 bridgehead atoms. The summed E-state index contributed by atoms with van der Waals surface area (Å²) in [6, 6.07) is 5.55. The molecule has 3 aromatic rings. The minimum atomic E-state index is -0.517. The van der Waals surface area contributed by atoms with Crippen LogP contribution in [0.5, 0.6) is 5.75 Å². The number of aromatic nitrogens is 3. The lowest BCUT2D eigenvalue weighted by atomic mass is 10.1. The molecule has 1 saturated heterocycles. The molecule has 0 saturated carbocycles. The van der Waals surface area contributed by atoms with E-state index in [4.69, 9.17) is 9.47 Å². The maximum atomic E-state index is 13.4. The van der Waals surface area contributed by atoms with E-state index < -0.39 is 5.60 Å². The van der Waals surface area contributed by atoms with Crippen LogP contribution in [0, 0.1) is 6.92 Å². The number of amides is 3. The van der Waals surface area contributed by atoms with Gasteiger partial charge in [-0.3, -0.25) is 4.90 Å². The molecule has 3 amide bonds. The first-order chi connectivity index (χ1) is 18.1. The number of urea groups is 1. The highest BCUT2D eigenvalue weighted by Crippen LogP contribution is 2.35. The van der Waals surface area contributed by atoms with Gasteiger partial charge >= 0.3 is 12.1 Å². The summed E-state index contributed by atoms with van der Waals surface area (Å²) in [7, 11) is 0. The minimum Gasteiger partial charge on any atom is -0.490 e. The average Bonchev–Trinajstić information content (AvgIpc) is 3.45. The number of hydrogen-bond acceptors (Lipinski definition) is 7. The number of carbonyl (C=O) groups excluding carboxylic acids is 2. The van der Waals surface area contributed by atoms with Crippen LogP contribution in [0.4, 0.5) is 26.8 Å². The van der Waals surface area contributed by atoms with E-state index in [1.807, 2.05) is 52.8 Å². The zero-order valence-electron chi connectivity index (χ0n) is 22.7. The van der Waals surface area contributed by atoms with Gasteiger partial charge in [-0.15, -0.1) is 0 Å². The first-order valence-corrected chi connectivity index (χ1v) is 13.0. The molecule has 0 aliphatic carbocycles. The molecule has 0 spiro atoms. The number of piperazine rings is 1. The van der Waals surface area contributed by atoms with Crippen molar-refractivity contribution in [3.8, 4) is 5.75 Å². The van der Waals surface area contributed by atoms with Crippen molar-refractivity contribution in [1.82, 2.24) is 19.5 Å². The van der Waals surface area contributed by atoms with Gasteiger partial charge in [-0.05, 0) is 59.2 Å². The molecule has 3 aromatic heterocycles. The second-order valence-corrected chi connectivity index (χ2v) is 10.6. The van der Waals surface area contributed by atoms with Gasteiger partial charge in [-0.1, -0.05) is 0 Å². The van der Waals surface area contributed by atoms with Crippen molar-refractivity contribution in [3.05, 3.63) is 41.9 Å². The molecule has 2 aliphatic heterocycles. The minimum absolute atomic E-state index is 0.260.